The number of fused-ring (bicyclic) bond motifs is 8. The summed E-state index contributed by atoms with van der Waals surface area (Å²) in [6, 6.07) is 168. The number of rotatable bonds is 9. The molecule has 22 rings (SSSR count). The predicted octanol–water partition coefficient (Wildman–Crippen LogP) is 34.2. The van der Waals surface area contributed by atoms with E-state index in [-0.39, 0.29) is 0 Å². The van der Waals surface area contributed by atoms with Gasteiger partial charge in [-0.25, -0.2) is 0 Å². The van der Waals surface area contributed by atoms with E-state index in [1.54, 1.807) is 0 Å². The van der Waals surface area contributed by atoms with Crippen LogP contribution in [0.1, 0.15) is 27.8 Å². The summed E-state index contributed by atoms with van der Waals surface area (Å²) >= 11 is 0. The average Bonchev–Trinajstić information content (AvgIpc) is 0.773. The van der Waals surface area contributed by atoms with E-state index in [1.807, 2.05) is 0 Å². The monoisotopic (exact) mass is 1540 g/mol. The van der Waals surface area contributed by atoms with Crippen LogP contribution in [0.2, 0.25) is 0 Å². The zero-order valence-corrected chi connectivity index (χ0v) is 69.0. The summed E-state index contributed by atoms with van der Waals surface area (Å²) in [4.78, 5) is 0. The Bertz CT molecular complexity index is 7280. The van der Waals surface area contributed by atoms with Crippen LogP contribution in [0.15, 0.2) is 467 Å². The Kier molecular flexibility index (Phi) is 22.6. The van der Waals surface area contributed by atoms with E-state index in [2.05, 4.69) is 502 Å². The van der Waals surface area contributed by atoms with Gasteiger partial charge in [-0.2, -0.15) is 0 Å². The van der Waals surface area contributed by atoms with Gasteiger partial charge in [0.1, 0.15) is 0 Å². The van der Waals surface area contributed by atoms with E-state index in [9.17, 15) is 0 Å². The molecule has 22 aromatic carbocycles. The highest BCUT2D eigenvalue weighted by Gasteiger charge is 2.14. The minimum absolute atomic E-state index is 1.26. The first-order valence-electron chi connectivity index (χ1n) is 42.0. The first-order valence-corrected chi connectivity index (χ1v) is 42.0. The fraction of sp³-hybridized carbons (Fsp3) is 0.0413. The summed E-state index contributed by atoms with van der Waals surface area (Å²) in [7, 11) is 0. The molecular formula is C121H92. The van der Waals surface area contributed by atoms with Gasteiger partial charge in [-0.3, -0.25) is 0 Å². The van der Waals surface area contributed by atoms with Crippen LogP contribution in [-0.4, -0.2) is 0 Å². The lowest BCUT2D eigenvalue weighted by atomic mass is 9.92. The summed E-state index contributed by atoms with van der Waals surface area (Å²) < 4.78 is 0. The predicted molar refractivity (Wildman–Crippen MR) is 525 cm³/mol. The summed E-state index contributed by atoms with van der Waals surface area (Å²) in [6.07, 6.45) is 0. The zero-order chi connectivity index (χ0) is 82.0. The largest absolute Gasteiger partial charge is 0.0622 e. The van der Waals surface area contributed by atoms with Gasteiger partial charge in [0.2, 0.25) is 0 Å². The van der Waals surface area contributed by atoms with Gasteiger partial charge in [-0.15, -0.1) is 0 Å². The first-order chi connectivity index (χ1) is 59.4. The van der Waals surface area contributed by atoms with Crippen LogP contribution in [0.5, 0.6) is 0 Å². The molecule has 0 saturated carbocycles. The quantitative estimate of drug-likeness (QED) is 0.135. The second-order valence-corrected chi connectivity index (χ2v) is 32.0. The lowest BCUT2D eigenvalue weighted by Gasteiger charge is -2.12. The Balaban J connectivity index is 0.000000104. The smallest absolute Gasteiger partial charge is 0.0105 e. The Labute approximate surface area is 710 Å². The molecule has 22 aromatic rings. The summed E-state index contributed by atoms with van der Waals surface area (Å²) in [6.45, 7) is 10.8. The highest BCUT2D eigenvalue weighted by molar-refractivity contribution is 6.02. The minimum Gasteiger partial charge on any atom is -0.0622 e. The van der Waals surface area contributed by atoms with E-state index in [0.717, 1.165) is 0 Å². The van der Waals surface area contributed by atoms with Crippen LogP contribution in [-0.2, 0) is 0 Å². The number of benzene rings is 22. The van der Waals surface area contributed by atoms with Gasteiger partial charge >= 0.3 is 0 Å². The third-order valence-corrected chi connectivity index (χ3v) is 23.2. The van der Waals surface area contributed by atoms with E-state index < -0.39 is 0 Å². The molecule has 0 saturated heterocycles. The van der Waals surface area contributed by atoms with Crippen LogP contribution >= 0.6 is 0 Å². The molecule has 0 N–H and O–H groups in total. The molecule has 0 spiro atoms. The Morgan fingerprint density at radius 3 is 0.645 bits per heavy atom. The Morgan fingerprint density at radius 1 is 0.0992 bits per heavy atom. The summed E-state index contributed by atoms with van der Waals surface area (Å²) in [5.74, 6) is 0. The van der Waals surface area contributed by atoms with E-state index in [4.69, 9.17) is 0 Å². The molecule has 0 amide bonds. The standard InChI is InChI=1S/3C27H20.C23H18.C17H14/c1-19-16-22(26-14-6-10-20-8-2-4-12-24(20)26)18-23(17-19)27-15-7-11-21-9-3-5-13-25(21)27;1-19-14-26(24-12-10-20-6-2-4-8-22(20)16-24)18-27(15-19)25-13-11-21-7-3-5-9-23(21)17-25;1-19-15-24(23-14-13-20-7-2-3-9-22(20)17-23)18-25(16-19)27-12-6-10-21-8-4-5-11-26(21)27;1-17-13-22(18-7-3-2-4-8-18)16-23(14-17)21-12-11-19-9-5-6-10-20(19)15-21;1-13-7-8-15-9-10-16(12-17(15)11-13)14-5-3-2-4-6-14/h3*2-18H,1H3;2-16H,1H3;2-12H,1H3. The van der Waals surface area contributed by atoms with Crippen LogP contribution < -0.4 is 0 Å². The molecule has 0 aliphatic carbocycles. The van der Waals surface area contributed by atoms with Crippen molar-refractivity contribution in [2.45, 2.75) is 34.6 Å². The molecule has 0 aliphatic rings. The topological polar surface area (TPSA) is 0 Å². The van der Waals surface area contributed by atoms with Crippen molar-refractivity contribution in [3.8, 4) is 100 Å². The van der Waals surface area contributed by atoms with Crippen LogP contribution in [0.3, 0.4) is 0 Å². The molecule has 0 unspecified atom stereocenters. The van der Waals surface area contributed by atoms with Crippen molar-refractivity contribution < 1.29 is 0 Å². The molecule has 0 atom stereocenters. The van der Waals surface area contributed by atoms with Gasteiger partial charge in [0.25, 0.3) is 0 Å². The van der Waals surface area contributed by atoms with Crippen molar-refractivity contribution in [1.82, 2.24) is 0 Å². The fourth-order valence-electron chi connectivity index (χ4n) is 17.1. The molecule has 0 bridgehead atoms. The molecule has 576 valence electrons. The highest BCUT2D eigenvalue weighted by Crippen LogP contribution is 2.40. The van der Waals surface area contributed by atoms with E-state index in [1.165, 1.54) is 214 Å². The molecule has 121 heavy (non-hydrogen) atoms. The van der Waals surface area contributed by atoms with Crippen LogP contribution in [0, 0.1) is 34.6 Å². The van der Waals surface area contributed by atoms with Crippen LogP contribution in [0.25, 0.3) is 186 Å². The van der Waals surface area contributed by atoms with Crippen LogP contribution in [0.4, 0.5) is 0 Å². The first kappa shape index (κ1) is 77.2. The molecule has 0 heterocycles. The maximum absolute atomic E-state index is 2.33. The van der Waals surface area contributed by atoms with Crippen molar-refractivity contribution in [2.75, 3.05) is 0 Å². The molecule has 0 fully saturated rings. The zero-order valence-electron chi connectivity index (χ0n) is 69.0. The van der Waals surface area contributed by atoms with Gasteiger partial charge in [-0.1, -0.05) is 418 Å². The van der Waals surface area contributed by atoms with Crippen molar-refractivity contribution >= 4 is 86.2 Å². The third-order valence-electron chi connectivity index (χ3n) is 23.2. The maximum atomic E-state index is 2.33. The van der Waals surface area contributed by atoms with Gasteiger partial charge in [-0.05, 0) is 298 Å². The fourth-order valence-corrected chi connectivity index (χ4v) is 17.1. The molecule has 0 aliphatic heterocycles. The summed E-state index contributed by atoms with van der Waals surface area (Å²) in [5.41, 5.74) is 29.3. The second kappa shape index (κ2) is 35.4. The van der Waals surface area contributed by atoms with Gasteiger partial charge in [0.05, 0.1) is 0 Å². The average molecular weight is 1550 g/mol. The summed E-state index contributed by atoms with van der Waals surface area (Å²) in [5, 5.41) is 20.6. The number of hydrogen-bond donors (Lipinski definition) is 0. The Morgan fingerprint density at radius 2 is 0.314 bits per heavy atom. The maximum Gasteiger partial charge on any atom is -0.0105 e. The second-order valence-electron chi connectivity index (χ2n) is 32.0. The molecule has 0 radical (unpaired) electrons. The molecular weight excluding hydrogens is 1450 g/mol. The van der Waals surface area contributed by atoms with Gasteiger partial charge in [0, 0.05) is 0 Å². The van der Waals surface area contributed by atoms with Crippen molar-refractivity contribution in [3.05, 3.63) is 495 Å². The van der Waals surface area contributed by atoms with Gasteiger partial charge in [0.15, 0.2) is 0 Å². The molecule has 0 heteroatoms. The van der Waals surface area contributed by atoms with E-state index >= 15 is 0 Å². The van der Waals surface area contributed by atoms with Gasteiger partial charge < -0.3 is 0 Å². The number of hydrogen-bond acceptors (Lipinski definition) is 0. The molecule has 0 aromatic heterocycles. The van der Waals surface area contributed by atoms with Crippen molar-refractivity contribution in [2.24, 2.45) is 0 Å². The number of aryl methyl sites for hydroxylation is 5. The lowest BCUT2D eigenvalue weighted by molar-refractivity contribution is 1.46. The highest BCUT2D eigenvalue weighted by atomic mass is 14.2. The SMILES string of the molecule is Cc1cc(-c2ccc3ccccc3c2)cc(-c2ccc3ccccc3c2)c1.Cc1cc(-c2ccc3ccccc3c2)cc(-c2cccc3ccccc23)c1.Cc1cc(-c2cccc3ccccc23)cc(-c2cccc3ccccc23)c1.Cc1cc(-c2ccccc2)cc(-c2ccc3ccccc3c2)c1.Cc1ccc2ccc(-c3ccccc3)cc2c1. The van der Waals surface area contributed by atoms with E-state index in [0.29, 0.717) is 0 Å². The van der Waals surface area contributed by atoms with Crippen molar-refractivity contribution in [1.29, 1.82) is 0 Å². The normalized spacial score (nSPS) is 11.0. The minimum atomic E-state index is 1.26. The third kappa shape index (κ3) is 17.8. The van der Waals surface area contributed by atoms with Crippen molar-refractivity contribution in [3.63, 3.8) is 0 Å². The lowest BCUT2D eigenvalue weighted by Crippen LogP contribution is -1.87. The Hall–Kier alpha value is -15.1. The molecule has 0 nitrogen and oxygen atoms in total.